The normalized spacial score (nSPS) is 33.7. The molecule has 0 atom stereocenters. The number of fused-ring (bicyclic) bond motifs is 2. The number of carbonyl (C=O) groups is 1. The van der Waals surface area contributed by atoms with Crippen LogP contribution in [0.1, 0.15) is 104 Å². The maximum atomic E-state index is 14.3. The second-order valence-corrected chi connectivity index (χ2v) is 14.0. The minimum absolute atomic E-state index is 0.309. The molecule has 194 valence electrons. The standard InChI is InChI=1S/C30H43BN2O3/c1-27(2)28(3,4)36-31(35-27)21-9-10-24-25(17-21)33(26(34)30(24)12-6-5-7-13-30)23-18-22(19-23)32-16-8-11-29(20-32)14-15-29/h9-10,17,22-23H,5-8,11-16,18-20H2,1-4H3. The van der Waals surface area contributed by atoms with Gasteiger partial charge in [-0.25, -0.2) is 0 Å². The van der Waals surface area contributed by atoms with Crippen molar-refractivity contribution in [1.82, 2.24) is 4.90 Å². The van der Waals surface area contributed by atoms with Gasteiger partial charge in [-0.3, -0.25) is 9.69 Å². The Morgan fingerprint density at radius 3 is 2.22 bits per heavy atom. The van der Waals surface area contributed by atoms with Crippen LogP contribution in [0.25, 0.3) is 0 Å². The number of likely N-dealkylation sites (tertiary alicyclic amines) is 1. The summed E-state index contributed by atoms with van der Waals surface area (Å²) in [7, 11) is -0.391. The second kappa shape index (κ2) is 7.83. The van der Waals surface area contributed by atoms with E-state index in [2.05, 4.69) is 55.7 Å². The SMILES string of the molecule is CC1(C)OB(c2ccc3c(c2)N(C2CC(N4CCCC5(CC5)C4)C2)C(=O)C32CCCCC2)OC1(C)C. The summed E-state index contributed by atoms with van der Waals surface area (Å²) in [6.45, 7) is 11.0. The summed E-state index contributed by atoms with van der Waals surface area (Å²) >= 11 is 0. The predicted octanol–water partition coefficient (Wildman–Crippen LogP) is 4.94. The number of hydrogen-bond acceptors (Lipinski definition) is 4. The molecule has 0 radical (unpaired) electrons. The first-order valence-electron chi connectivity index (χ1n) is 14.7. The van der Waals surface area contributed by atoms with E-state index in [1.807, 2.05) is 0 Å². The van der Waals surface area contributed by atoms with E-state index in [-0.39, 0.29) is 16.6 Å². The van der Waals surface area contributed by atoms with Gasteiger partial charge in [0.05, 0.1) is 16.6 Å². The molecule has 5 fully saturated rings. The van der Waals surface area contributed by atoms with Crippen molar-refractivity contribution < 1.29 is 14.1 Å². The number of nitrogens with zero attached hydrogens (tertiary/aromatic N) is 2. The largest absolute Gasteiger partial charge is 0.494 e. The minimum Gasteiger partial charge on any atom is -0.399 e. The van der Waals surface area contributed by atoms with E-state index < -0.39 is 7.12 Å². The van der Waals surface area contributed by atoms with Crippen molar-refractivity contribution >= 4 is 24.2 Å². The lowest BCUT2D eigenvalue weighted by Crippen LogP contribution is -2.58. The topological polar surface area (TPSA) is 42.0 Å². The third kappa shape index (κ3) is 3.43. The zero-order valence-electron chi connectivity index (χ0n) is 22.8. The third-order valence-corrected chi connectivity index (χ3v) is 11.3. The maximum Gasteiger partial charge on any atom is 0.494 e. The molecule has 3 aliphatic carbocycles. The Morgan fingerprint density at radius 2 is 1.56 bits per heavy atom. The predicted molar refractivity (Wildman–Crippen MR) is 144 cm³/mol. The van der Waals surface area contributed by atoms with Crippen LogP contribution in [0.5, 0.6) is 0 Å². The van der Waals surface area contributed by atoms with Gasteiger partial charge < -0.3 is 14.2 Å². The van der Waals surface area contributed by atoms with E-state index >= 15 is 0 Å². The fourth-order valence-corrected chi connectivity index (χ4v) is 7.95. The highest BCUT2D eigenvalue weighted by atomic mass is 16.7. The number of hydrogen-bond donors (Lipinski definition) is 0. The third-order valence-electron chi connectivity index (χ3n) is 11.3. The molecule has 0 N–H and O–H groups in total. The first kappa shape index (κ1) is 23.7. The van der Waals surface area contributed by atoms with E-state index in [1.54, 1.807) is 0 Å². The Balaban J connectivity index is 1.17. The number of piperidine rings is 1. The molecule has 2 spiro atoms. The quantitative estimate of drug-likeness (QED) is 0.563. The summed E-state index contributed by atoms with van der Waals surface area (Å²) in [6, 6.07) is 7.63. The number of anilines is 1. The molecule has 0 unspecified atom stereocenters. The summed E-state index contributed by atoms with van der Waals surface area (Å²) in [4.78, 5) is 19.3. The lowest BCUT2D eigenvalue weighted by molar-refractivity contribution is -0.125. The smallest absolute Gasteiger partial charge is 0.399 e. The van der Waals surface area contributed by atoms with Gasteiger partial charge in [0, 0.05) is 24.3 Å². The number of benzene rings is 1. The average Bonchev–Trinajstić information content (AvgIpc) is 3.47. The lowest BCUT2D eigenvalue weighted by atomic mass is 9.69. The van der Waals surface area contributed by atoms with Crippen LogP contribution in [0.4, 0.5) is 5.69 Å². The van der Waals surface area contributed by atoms with Gasteiger partial charge in [0.1, 0.15) is 0 Å². The van der Waals surface area contributed by atoms with Gasteiger partial charge in [0.25, 0.3) is 0 Å². The second-order valence-electron chi connectivity index (χ2n) is 14.0. The monoisotopic (exact) mass is 490 g/mol. The molecular weight excluding hydrogens is 447 g/mol. The Morgan fingerprint density at radius 1 is 0.861 bits per heavy atom. The van der Waals surface area contributed by atoms with Crippen LogP contribution in [-0.2, 0) is 19.5 Å². The molecule has 5 nitrogen and oxygen atoms in total. The fourth-order valence-electron chi connectivity index (χ4n) is 7.95. The van der Waals surface area contributed by atoms with E-state index in [0.29, 0.717) is 23.4 Å². The van der Waals surface area contributed by atoms with Crippen molar-refractivity contribution in [3.63, 3.8) is 0 Å². The van der Waals surface area contributed by atoms with Crippen LogP contribution in [0.3, 0.4) is 0 Å². The van der Waals surface area contributed by atoms with E-state index in [1.165, 1.54) is 50.8 Å². The highest BCUT2D eigenvalue weighted by Crippen LogP contribution is 2.55. The van der Waals surface area contributed by atoms with Crippen molar-refractivity contribution in [3.8, 4) is 0 Å². The molecular formula is C30H43BN2O3. The molecule has 0 aromatic heterocycles. The molecule has 1 aromatic rings. The fraction of sp³-hybridized carbons (Fsp3) is 0.767. The minimum atomic E-state index is -0.391. The van der Waals surface area contributed by atoms with E-state index in [0.717, 1.165) is 49.7 Å². The molecule has 3 heterocycles. The Hall–Kier alpha value is -1.37. The molecule has 0 bridgehead atoms. The molecule has 1 aromatic carbocycles. The Labute approximate surface area is 217 Å². The van der Waals surface area contributed by atoms with Crippen molar-refractivity contribution in [3.05, 3.63) is 23.8 Å². The van der Waals surface area contributed by atoms with Gasteiger partial charge in [-0.15, -0.1) is 0 Å². The molecule has 3 aliphatic heterocycles. The molecule has 36 heavy (non-hydrogen) atoms. The summed E-state index contributed by atoms with van der Waals surface area (Å²) in [5, 5.41) is 0. The number of carbonyl (C=O) groups excluding carboxylic acids is 1. The van der Waals surface area contributed by atoms with Gasteiger partial charge >= 0.3 is 7.12 Å². The van der Waals surface area contributed by atoms with E-state index in [9.17, 15) is 4.79 Å². The van der Waals surface area contributed by atoms with Crippen LogP contribution in [0.2, 0.25) is 0 Å². The van der Waals surface area contributed by atoms with Crippen molar-refractivity contribution in [2.75, 3.05) is 18.0 Å². The zero-order valence-corrected chi connectivity index (χ0v) is 22.8. The van der Waals surface area contributed by atoms with Gasteiger partial charge in [-0.1, -0.05) is 31.4 Å². The summed E-state index contributed by atoms with van der Waals surface area (Å²) in [6.07, 6.45) is 13.4. The Bertz CT molecular complexity index is 1050. The highest BCUT2D eigenvalue weighted by molar-refractivity contribution is 6.62. The summed E-state index contributed by atoms with van der Waals surface area (Å²) in [5.74, 6) is 0.379. The molecule has 7 rings (SSSR count). The van der Waals surface area contributed by atoms with Crippen LogP contribution < -0.4 is 10.4 Å². The lowest BCUT2D eigenvalue weighted by Gasteiger charge is -2.49. The molecule has 3 saturated carbocycles. The average molecular weight is 490 g/mol. The van der Waals surface area contributed by atoms with Crippen LogP contribution in [0, 0.1) is 5.41 Å². The molecule has 6 heteroatoms. The first-order chi connectivity index (χ1) is 17.1. The van der Waals surface area contributed by atoms with E-state index in [4.69, 9.17) is 9.31 Å². The van der Waals surface area contributed by atoms with Crippen molar-refractivity contribution in [1.29, 1.82) is 0 Å². The molecule has 2 saturated heterocycles. The summed E-state index contributed by atoms with van der Waals surface area (Å²) < 4.78 is 12.8. The zero-order chi connectivity index (χ0) is 24.9. The van der Waals surface area contributed by atoms with Gasteiger partial charge in [0.2, 0.25) is 5.91 Å². The number of rotatable bonds is 3. The highest BCUT2D eigenvalue weighted by Gasteiger charge is 2.57. The molecule has 6 aliphatic rings. The first-order valence-corrected chi connectivity index (χ1v) is 14.7. The summed E-state index contributed by atoms with van der Waals surface area (Å²) in [5.41, 5.74) is 3.07. The van der Waals surface area contributed by atoms with Gasteiger partial charge in [-0.2, -0.15) is 0 Å². The van der Waals surface area contributed by atoms with Crippen molar-refractivity contribution in [2.24, 2.45) is 5.41 Å². The molecule has 1 amide bonds. The van der Waals surface area contributed by atoms with Crippen LogP contribution in [-0.4, -0.2) is 54.3 Å². The van der Waals surface area contributed by atoms with Crippen molar-refractivity contribution in [2.45, 2.75) is 127 Å². The Kier molecular flexibility index (Phi) is 5.16. The van der Waals surface area contributed by atoms with Gasteiger partial charge in [-0.05, 0) is 108 Å². The van der Waals surface area contributed by atoms with Crippen LogP contribution in [0.15, 0.2) is 18.2 Å². The van der Waals surface area contributed by atoms with Crippen LogP contribution >= 0.6 is 0 Å². The number of amides is 1. The van der Waals surface area contributed by atoms with Gasteiger partial charge in [0.15, 0.2) is 0 Å². The maximum absolute atomic E-state index is 14.3.